The van der Waals surface area contributed by atoms with E-state index in [1.165, 1.54) is 25.3 Å². The van der Waals surface area contributed by atoms with Gasteiger partial charge in [-0.1, -0.05) is 0 Å². The highest BCUT2D eigenvalue weighted by Crippen LogP contribution is 2.26. The van der Waals surface area contributed by atoms with Crippen LogP contribution in [-0.2, 0) is 4.79 Å². The molecule has 0 fully saturated rings. The first-order valence-electron chi connectivity index (χ1n) is 4.14. The van der Waals surface area contributed by atoms with Crippen LogP contribution in [0.25, 0.3) is 0 Å². The van der Waals surface area contributed by atoms with Crippen molar-refractivity contribution in [2.75, 3.05) is 7.11 Å². The number of carbonyl (C=O) groups is 2. The fraction of sp³-hybridized carbons (Fsp3) is 0.200. The van der Waals surface area contributed by atoms with Crippen molar-refractivity contribution < 1.29 is 24.5 Å². The van der Waals surface area contributed by atoms with Crippen LogP contribution in [0.1, 0.15) is 10.4 Å². The molecule has 0 bridgehead atoms. The number of Topliss-reactive ketones (excluding diaryl/α,β-unsaturated/α-hetero) is 1. The fourth-order valence-electron chi connectivity index (χ4n) is 1.06. The van der Waals surface area contributed by atoms with E-state index in [0.29, 0.717) is 0 Å². The molecular formula is C10H10O5. The van der Waals surface area contributed by atoms with Gasteiger partial charge in [0.1, 0.15) is 0 Å². The van der Waals surface area contributed by atoms with Crippen LogP contribution in [0.5, 0.6) is 11.5 Å². The van der Waals surface area contributed by atoms with Crippen molar-refractivity contribution >= 4 is 12.1 Å². The molecule has 0 saturated carbocycles. The standard InChI is InChI=1S/C10H10O5/c1-15-9-4-6(2-3-7(9)12)10(14)8(13)5-11/h2-5,8,12-13H,1H3. The van der Waals surface area contributed by atoms with E-state index in [-0.39, 0.29) is 23.3 Å². The molecule has 5 heteroatoms. The van der Waals surface area contributed by atoms with Crippen molar-refractivity contribution in [3.63, 3.8) is 0 Å². The van der Waals surface area contributed by atoms with E-state index in [9.17, 15) is 14.7 Å². The Kier molecular flexibility index (Phi) is 3.41. The molecule has 0 radical (unpaired) electrons. The Morgan fingerprint density at radius 3 is 2.73 bits per heavy atom. The lowest BCUT2D eigenvalue weighted by Crippen LogP contribution is -2.21. The summed E-state index contributed by atoms with van der Waals surface area (Å²) in [6, 6.07) is 3.81. The average Bonchev–Trinajstić information content (AvgIpc) is 2.27. The van der Waals surface area contributed by atoms with E-state index in [4.69, 9.17) is 9.84 Å². The lowest BCUT2D eigenvalue weighted by atomic mass is 10.1. The molecule has 15 heavy (non-hydrogen) atoms. The van der Waals surface area contributed by atoms with Crippen LogP contribution in [0.3, 0.4) is 0 Å². The van der Waals surface area contributed by atoms with Crippen molar-refractivity contribution in [3.8, 4) is 11.5 Å². The van der Waals surface area contributed by atoms with Crippen LogP contribution in [-0.4, -0.2) is 35.5 Å². The van der Waals surface area contributed by atoms with Gasteiger partial charge in [0.05, 0.1) is 7.11 Å². The number of aliphatic hydroxyl groups excluding tert-OH is 1. The Labute approximate surface area is 85.9 Å². The average molecular weight is 210 g/mol. The number of rotatable bonds is 4. The third kappa shape index (κ3) is 2.32. The second kappa shape index (κ2) is 4.56. The molecule has 0 amide bonds. The lowest BCUT2D eigenvalue weighted by molar-refractivity contribution is -0.112. The molecular weight excluding hydrogens is 200 g/mol. The van der Waals surface area contributed by atoms with Gasteiger partial charge < -0.3 is 14.9 Å². The third-order valence-electron chi connectivity index (χ3n) is 1.86. The number of benzene rings is 1. The quantitative estimate of drug-likeness (QED) is 0.419. The van der Waals surface area contributed by atoms with E-state index in [2.05, 4.69) is 0 Å². The highest BCUT2D eigenvalue weighted by Gasteiger charge is 2.17. The number of hydrogen-bond donors (Lipinski definition) is 2. The number of methoxy groups -OCH3 is 1. The molecule has 1 rings (SSSR count). The van der Waals surface area contributed by atoms with Crippen LogP contribution in [0.4, 0.5) is 0 Å². The van der Waals surface area contributed by atoms with Gasteiger partial charge in [-0.2, -0.15) is 0 Å². The second-order valence-corrected chi connectivity index (χ2v) is 2.83. The summed E-state index contributed by atoms with van der Waals surface area (Å²) in [5, 5.41) is 18.2. The van der Waals surface area contributed by atoms with Gasteiger partial charge in [0.2, 0.25) is 0 Å². The van der Waals surface area contributed by atoms with E-state index < -0.39 is 11.9 Å². The molecule has 0 saturated heterocycles. The number of hydrogen-bond acceptors (Lipinski definition) is 5. The highest BCUT2D eigenvalue weighted by atomic mass is 16.5. The molecule has 0 aromatic heterocycles. The minimum atomic E-state index is -1.68. The minimum Gasteiger partial charge on any atom is -0.504 e. The number of ether oxygens (including phenoxy) is 1. The van der Waals surface area contributed by atoms with Gasteiger partial charge in [0.25, 0.3) is 0 Å². The summed E-state index contributed by atoms with van der Waals surface area (Å²) < 4.78 is 4.78. The number of ketones is 1. The maximum absolute atomic E-state index is 11.3. The summed E-state index contributed by atoms with van der Waals surface area (Å²) in [5.74, 6) is -0.739. The molecule has 2 N–H and O–H groups in total. The van der Waals surface area contributed by atoms with Crippen LogP contribution >= 0.6 is 0 Å². The Morgan fingerprint density at radius 2 is 2.20 bits per heavy atom. The Bertz CT molecular complexity index is 385. The van der Waals surface area contributed by atoms with Gasteiger partial charge >= 0.3 is 0 Å². The van der Waals surface area contributed by atoms with Crippen molar-refractivity contribution in [2.45, 2.75) is 6.10 Å². The summed E-state index contributed by atoms with van der Waals surface area (Å²) in [6.45, 7) is 0. The number of carbonyl (C=O) groups excluding carboxylic acids is 2. The zero-order valence-corrected chi connectivity index (χ0v) is 8.01. The smallest absolute Gasteiger partial charge is 0.198 e. The summed E-state index contributed by atoms with van der Waals surface area (Å²) >= 11 is 0. The Morgan fingerprint density at radius 1 is 1.53 bits per heavy atom. The summed E-state index contributed by atoms with van der Waals surface area (Å²) in [6.07, 6.45) is -1.54. The number of aldehydes is 1. The number of aromatic hydroxyl groups is 1. The SMILES string of the molecule is COc1cc(C(=O)C(O)C=O)ccc1O. The van der Waals surface area contributed by atoms with Gasteiger partial charge in [-0.15, -0.1) is 0 Å². The zero-order valence-electron chi connectivity index (χ0n) is 8.01. The highest BCUT2D eigenvalue weighted by molar-refractivity contribution is 6.07. The predicted molar refractivity (Wildman–Crippen MR) is 51.1 cm³/mol. The molecule has 1 atom stereocenters. The summed E-state index contributed by atoms with van der Waals surface area (Å²) in [7, 11) is 1.33. The first-order valence-corrected chi connectivity index (χ1v) is 4.14. The van der Waals surface area contributed by atoms with Gasteiger partial charge in [0.15, 0.2) is 29.7 Å². The van der Waals surface area contributed by atoms with Crippen LogP contribution in [0, 0.1) is 0 Å². The zero-order chi connectivity index (χ0) is 11.4. The normalized spacial score (nSPS) is 11.9. The van der Waals surface area contributed by atoms with Crippen molar-refractivity contribution in [3.05, 3.63) is 23.8 Å². The van der Waals surface area contributed by atoms with Gasteiger partial charge in [-0.3, -0.25) is 9.59 Å². The molecule has 1 aromatic rings. The van der Waals surface area contributed by atoms with E-state index >= 15 is 0 Å². The molecule has 0 spiro atoms. The van der Waals surface area contributed by atoms with E-state index in [0.717, 1.165) is 0 Å². The third-order valence-corrected chi connectivity index (χ3v) is 1.86. The second-order valence-electron chi connectivity index (χ2n) is 2.83. The number of phenols is 1. The molecule has 0 heterocycles. The molecule has 1 aromatic carbocycles. The Balaban J connectivity index is 3.05. The van der Waals surface area contributed by atoms with Crippen molar-refractivity contribution in [1.29, 1.82) is 0 Å². The predicted octanol–water partition coefficient (Wildman–Crippen LogP) is 0.143. The van der Waals surface area contributed by atoms with Gasteiger partial charge in [-0.25, -0.2) is 0 Å². The maximum Gasteiger partial charge on any atom is 0.198 e. The summed E-state index contributed by atoms with van der Waals surface area (Å²) in [4.78, 5) is 21.5. The molecule has 5 nitrogen and oxygen atoms in total. The van der Waals surface area contributed by atoms with Crippen molar-refractivity contribution in [1.82, 2.24) is 0 Å². The number of aliphatic hydroxyl groups is 1. The molecule has 0 aliphatic carbocycles. The fourth-order valence-corrected chi connectivity index (χ4v) is 1.06. The first-order chi connectivity index (χ1) is 7.10. The monoisotopic (exact) mass is 210 g/mol. The molecule has 0 aliphatic heterocycles. The topological polar surface area (TPSA) is 83.8 Å². The largest absolute Gasteiger partial charge is 0.504 e. The van der Waals surface area contributed by atoms with Crippen LogP contribution < -0.4 is 4.74 Å². The molecule has 1 unspecified atom stereocenters. The first kappa shape index (κ1) is 11.2. The van der Waals surface area contributed by atoms with E-state index in [1.54, 1.807) is 0 Å². The minimum absolute atomic E-state index is 0.101. The van der Waals surface area contributed by atoms with Crippen molar-refractivity contribution in [2.24, 2.45) is 0 Å². The maximum atomic E-state index is 11.3. The molecule has 80 valence electrons. The summed E-state index contributed by atoms with van der Waals surface area (Å²) in [5.41, 5.74) is 0.101. The van der Waals surface area contributed by atoms with Crippen LogP contribution in [0.2, 0.25) is 0 Å². The Hall–Kier alpha value is -1.88. The van der Waals surface area contributed by atoms with Gasteiger partial charge in [-0.05, 0) is 18.2 Å². The molecule has 0 aliphatic rings. The number of phenolic OH excluding ortho intramolecular Hbond substituents is 1. The van der Waals surface area contributed by atoms with Crippen LogP contribution in [0.15, 0.2) is 18.2 Å². The van der Waals surface area contributed by atoms with Gasteiger partial charge in [0, 0.05) is 5.56 Å². The lowest BCUT2D eigenvalue weighted by Gasteiger charge is -2.06. The van der Waals surface area contributed by atoms with E-state index in [1.807, 2.05) is 0 Å².